The van der Waals surface area contributed by atoms with Gasteiger partial charge in [0.15, 0.2) is 0 Å². The molecule has 2 N–H and O–H groups in total. The van der Waals surface area contributed by atoms with E-state index >= 15 is 0 Å². The number of unbranched alkanes of at least 4 members (excludes halogenated alkanes) is 24. The summed E-state index contributed by atoms with van der Waals surface area (Å²) >= 11 is 0. The van der Waals surface area contributed by atoms with Crippen molar-refractivity contribution in [2.75, 3.05) is 40.9 Å². The molecule has 0 aliphatic carbocycles. The SMILES string of the molecule is CC/C=C\C/C=C\C/C=C\C/C=C\C/C=C\C/C=C\CCCCCCCCCCC(=O)OC(/C=C\CCCCCCCCCCC)C(COP(=O)(O)OCC[N+](C)(C)C)NC(=O)CCCCCCC/C=C\CCCC. The minimum Gasteiger partial charge on any atom is -0.456 e. The van der Waals surface area contributed by atoms with Crippen LogP contribution >= 0.6 is 7.82 Å². The third-order valence-electron chi connectivity index (χ3n) is 13.0. The summed E-state index contributed by atoms with van der Waals surface area (Å²) in [5, 5.41) is 3.03. The number of allylic oxidation sites excluding steroid dienone is 15. The summed E-state index contributed by atoms with van der Waals surface area (Å²) in [7, 11) is 1.47. The lowest BCUT2D eigenvalue weighted by atomic mass is 10.1. The van der Waals surface area contributed by atoms with Gasteiger partial charge in [-0.3, -0.25) is 18.6 Å². The monoisotopic (exact) mass is 1070 g/mol. The van der Waals surface area contributed by atoms with Gasteiger partial charge in [0.2, 0.25) is 5.91 Å². The molecule has 0 rings (SSSR count). The van der Waals surface area contributed by atoms with Gasteiger partial charge in [-0.15, -0.1) is 0 Å². The summed E-state index contributed by atoms with van der Waals surface area (Å²) in [5.74, 6) is -0.531. The number of likely N-dealkylation sites (N-methyl/N-ethyl adjacent to an activating group) is 1. The average Bonchev–Trinajstić information content (AvgIpc) is 3.37. The van der Waals surface area contributed by atoms with Crippen molar-refractivity contribution < 1.29 is 37.3 Å². The van der Waals surface area contributed by atoms with Crippen LogP contribution in [-0.4, -0.2) is 74.3 Å². The zero-order valence-corrected chi connectivity index (χ0v) is 50.2. The molecule has 0 fully saturated rings. The molecular formula is C65H116N2O7P+. The van der Waals surface area contributed by atoms with Crippen molar-refractivity contribution in [1.29, 1.82) is 0 Å². The van der Waals surface area contributed by atoms with Gasteiger partial charge >= 0.3 is 13.8 Å². The number of ether oxygens (including phenoxy) is 1. The van der Waals surface area contributed by atoms with E-state index in [9.17, 15) is 19.0 Å². The lowest BCUT2D eigenvalue weighted by molar-refractivity contribution is -0.870. The highest BCUT2D eigenvalue weighted by Gasteiger charge is 2.30. The summed E-state index contributed by atoms with van der Waals surface area (Å²) in [5.41, 5.74) is 0. The molecule has 9 nitrogen and oxygen atoms in total. The van der Waals surface area contributed by atoms with Gasteiger partial charge in [0, 0.05) is 12.8 Å². The summed E-state index contributed by atoms with van der Waals surface area (Å²) in [4.78, 5) is 37.6. The molecule has 3 atom stereocenters. The van der Waals surface area contributed by atoms with Crippen molar-refractivity contribution in [1.82, 2.24) is 5.32 Å². The van der Waals surface area contributed by atoms with Crippen LogP contribution in [0.3, 0.4) is 0 Å². The van der Waals surface area contributed by atoms with Crippen molar-refractivity contribution in [3.05, 3.63) is 97.2 Å². The van der Waals surface area contributed by atoms with E-state index in [1.807, 2.05) is 33.3 Å². The number of nitrogens with one attached hydrogen (secondary N) is 1. The van der Waals surface area contributed by atoms with Crippen molar-refractivity contribution >= 4 is 19.7 Å². The summed E-state index contributed by atoms with van der Waals surface area (Å²) in [6, 6.07) is -0.859. The predicted octanol–water partition coefficient (Wildman–Crippen LogP) is 18.8. The Morgan fingerprint density at radius 1 is 0.480 bits per heavy atom. The molecule has 432 valence electrons. The molecule has 1 amide bonds. The minimum atomic E-state index is -4.45. The van der Waals surface area contributed by atoms with Crippen molar-refractivity contribution in [3.63, 3.8) is 0 Å². The van der Waals surface area contributed by atoms with E-state index in [0.717, 1.165) is 135 Å². The first-order chi connectivity index (χ1) is 36.4. The number of nitrogens with zero attached hydrogens (tertiary/aromatic N) is 1. The molecule has 0 aromatic rings. The van der Waals surface area contributed by atoms with Gasteiger partial charge < -0.3 is 19.4 Å². The third-order valence-corrected chi connectivity index (χ3v) is 14.0. The molecule has 0 aromatic carbocycles. The number of carbonyl (C=O) groups is 2. The van der Waals surface area contributed by atoms with E-state index in [4.69, 9.17) is 13.8 Å². The average molecular weight is 1070 g/mol. The molecule has 0 aliphatic heterocycles. The molecule has 0 radical (unpaired) electrons. The number of phosphoric acid groups is 1. The highest BCUT2D eigenvalue weighted by molar-refractivity contribution is 7.47. The number of esters is 1. The number of rotatable bonds is 54. The van der Waals surface area contributed by atoms with Crippen LogP contribution < -0.4 is 5.32 Å². The van der Waals surface area contributed by atoms with E-state index in [2.05, 4.69) is 111 Å². The molecule has 0 aliphatic rings. The quantitative estimate of drug-likeness (QED) is 0.0205. The van der Waals surface area contributed by atoms with Crippen LogP contribution in [0.15, 0.2) is 97.2 Å². The standard InChI is InChI=1S/C65H115N2O7P/c1-7-10-13-16-19-22-25-26-27-28-29-30-31-32-33-34-35-36-37-38-39-40-43-46-49-52-55-58-65(69)74-63(56-53-50-47-44-41-23-20-17-14-11-8-2)62(61-73-75(70,71)72-60-59-67(4,5)6)66-64(68)57-54-51-48-45-42-24-21-18-15-12-9-3/h10,13,18-19,21-22,26-27,29-30,32-33,35-36,53,56,62-63H,7-9,11-12,14-17,20,23-25,28,31,34,37-52,54-55,57-61H2,1-6H3,(H-,66,68,70,71)/p+1/b13-10-,21-18-,22-19-,27-26-,30-29-,33-32-,36-35-,56-53-. The Kier molecular flexibility index (Phi) is 52.1. The molecule has 0 heterocycles. The summed E-state index contributed by atoms with van der Waals surface area (Å²) in [6.45, 7) is 6.83. The largest absolute Gasteiger partial charge is 0.472 e. The van der Waals surface area contributed by atoms with Crippen LogP contribution in [0, 0.1) is 0 Å². The lowest BCUT2D eigenvalue weighted by Crippen LogP contribution is -2.47. The maximum absolute atomic E-state index is 13.5. The zero-order valence-electron chi connectivity index (χ0n) is 49.3. The second-order valence-corrected chi connectivity index (χ2v) is 22.9. The number of quaternary nitrogens is 1. The third kappa shape index (κ3) is 55.5. The molecule has 0 saturated heterocycles. The molecular weight excluding hydrogens is 952 g/mol. The smallest absolute Gasteiger partial charge is 0.456 e. The first-order valence-corrected chi connectivity index (χ1v) is 32.1. The lowest BCUT2D eigenvalue weighted by Gasteiger charge is -2.27. The maximum atomic E-state index is 13.5. The van der Waals surface area contributed by atoms with Gasteiger partial charge in [0.25, 0.3) is 0 Å². The van der Waals surface area contributed by atoms with Crippen LogP contribution in [0.25, 0.3) is 0 Å². The first-order valence-electron chi connectivity index (χ1n) is 30.6. The molecule has 0 bridgehead atoms. The van der Waals surface area contributed by atoms with Crippen LogP contribution in [0.2, 0.25) is 0 Å². The number of amides is 1. The van der Waals surface area contributed by atoms with E-state index in [1.165, 1.54) is 83.5 Å². The van der Waals surface area contributed by atoms with E-state index < -0.39 is 20.0 Å². The van der Waals surface area contributed by atoms with Crippen LogP contribution in [0.1, 0.15) is 252 Å². The molecule has 3 unspecified atom stereocenters. The van der Waals surface area contributed by atoms with Gasteiger partial charge in [-0.25, -0.2) is 4.57 Å². The molecule has 0 saturated carbocycles. The van der Waals surface area contributed by atoms with Crippen LogP contribution in [0.5, 0.6) is 0 Å². The van der Waals surface area contributed by atoms with Crippen LogP contribution in [-0.2, 0) is 27.9 Å². The fraction of sp³-hybridized carbons (Fsp3) is 0.723. The number of hydrogen-bond acceptors (Lipinski definition) is 6. The molecule has 0 spiro atoms. The number of phosphoric ester groups is 1. The number of hydrogen-bond donors (Lipinski definition) is 2. The fourth-order valence-corrected chi connectivity index (χ4v) is 9.01. The van der Waals surface area contributed by atoms with Crippen LogP contribution in [0.4, 0.5) is 0 Å². The van der Waals surface area contributed by atoms with Crippen molar-refractivity contribution in [2.24, 2.45) is 0 Å². The second kappa shape index (κ2) is 54.3. The Labute approximate surface area is 462 Å². The molecule has 75 heavy (non-hydrogen) atoms. The van der Waals surface area contributed by atoms with E-state index in [0.29, 0.717) is 17.4 Å². The van der Waals surface area contributed by atoms with Gasteiger partial charge in [-0.2, -0.15) is 0 Å². The Balaban J connectivity index is 5.08. The Morgan fingerprint density at radius 2 is 0.867 bits per heavy atom. The minimum absolute atomic E-state index is 0.0333. The predicted molar refractivity (Wildman–Crippen MR) is 323 cm³/mol. The normalized spacial score (nSPS) is 14.4. The second-order valence-electron chi connectivity index (χ2n) is 21.5. The highest BCUT2D eigenvalue weighted by Crippen LogP contribution is 2.43. The van der Waals surface area contributed by atoms with Gasteiger partial charge in [-0.05, 0) is 102 Å². The van der Waals surface area contributed by atoms with Gasteiger partial charge in [0.05, 0.1) is 33.8 Å². The Hall–Kier alpha value is -3.07. The Bertz CT molecular complexity index is 1610. The van der Waals surface area contributed by atoms with Crippen molar-refractivity contribution in [3.8, 4) is 0 Å². The zero-order chi connectivity index (χ0) is 55.0. The molecule has 10 heteroatoms. The number of carbonyl (C=O) groups excluding carboxylic acids is 2. The van der Waals surface area contributed by atoms with E-state index in [-0.39, 0.29) is 31.5 Å². The highest BCUT2D eigenvalue weighted by atomic mass is 31.2. The first kappa shape index (κ1) is 71.9. The summed E-state index contributed by atoms with van der Waals surface area (Å²) in [6.07, 6.45) is 72.7. The maximum Gasteiger partial charge on any atom is 0.472 e. The van der Waals surface area contributed by atoms with Crippen molar-refractivity contribution in [2.45, 2.75) is 264 Å². The summed E-state index contributed by atoms with van der Waals surface area (Å²) < 4.78 is 30.6. The van der Waals surface area contributed by atoms with Gasteiger partial charge in [0.1, 0.15) is 19.3 Å². The van der Waals surface area contributed by atoms with Gasteiger partial charge in [-0.1, -0.05) is 234 Å². The van der Waals surface area contributed by atoms with E-state index in [1.54, 1.807) is 0 Å². The Morgan fingerprint density at radius 3 is 1.33 bits per heavy atom. The fourth-order valence-electron chi connectivity index (χ4n) is 8.28. The molecule has 0 aromatic heterocycles. The topological polar surface area (TPSA) is 111 Å².